The van der Waals surface area contributed by atoms with Gasteiger partial charge in [0.1, 0.15) is 5.82 Å². The number of nitrogens with zero attached hydrogens (tertiary/aromatic N) is 1. The van der Waals surface area contributed by atoms with Crippen LogP contribution in [0.2, 0.25) is 0 Å². The number of piperidine rings is 1. The Hall–Kier alpha value is -4.10. The number of rotatable bonds is 3. The Balaban J connectivity index is 0.000000479. The monoisotopic (exact) mass is 516 g/mol. The third kappa shape index (κ3) is 7.95. The number of carboxylic acid groups (broad SMARTS) is 1. The first-order chi connectivity index (χ1) is 17.6. The van der Waals surface area contributed by atoms with E-state index in [1.807, 2.05) is 17.0 Å². The highest BCUT2D eigenvalue weighted by Crippen LogP contribution is 2.29. The molecule has 2 heterocycles. The first kappa shape index (κ1) is 27.5. The molecule has 2 aromatic carbocycles. The highest BCUT2D eigenvalue weighted by Gasteiger charge is 2.38. The van der Waals surface area contributed by atoms with Crippen molar-refractivity contribution in [3.05, 3.63) is 94.7 Å². The molecule has 3 N–H and O–H groups in total. The summed E-state index contributed by atoms with van der Waals surface area (Å²) in [6, 6.07) is 17.7. The van der Waals surface area contributed by atoms with Crippen LogP contribution in [0.5, 0.6) is 0 Å². The van der Waals surface area contributed by atoms with Gasteiger partial charge in [-0.3, -0.25) is 4.79 Å². The molecule has 0 aliphatic carbocycles. The van der Waals surface area contributed by atoms with Gasteiger partial charge in [0.05, 0.1) is 0 Å². The topological polar surface area (TPSA) is 96.8 Å². The van der Waals surface area contributed by atoms with E-state index in [9.17, 15) is 22.4 Å². The number of hydrogen-bond acceptors (Lipinski definition) is 4. The number of likely N-dealkylation sites (tertiary alicyclic amines) is 1. The van der Waals surface area contributed by atoms with Gasteiger partial charge in [-0.25, -0.2) is 9.18 Å². The van der Waals surface area contributed by atoms with Crippen molar-refractivity contribution in [3.8, 4) is 11.8 Å². The summed E-state index contributed by atoms with van der Waals surface area (Å²) in [5, 5.41) is 7.12. The number of carboxylic acids is 1. The van der Waals surface area contributed by atoms with E-state index in [1.165, 1.54) is 17.7 Å². The average Bonchev–Trinajstić information content (AvgIpc) is 3.37. The van der Waals surface area contributed by atoms with Gasteiger partial charge in [-0.1, -0.05) is 30.2 Å². The summed E-state index contributed by atoms with van der Waals surface area (Å²) in [5.41, 5.74) is 8.86. The first-order valence-corrected chi connectivity index (χ1v) is 11.3. The maximum Gasteiger partial charge on any atom is 0.490 e. The maximum atomic E-state index is 13.0. The van der Waals surface area contributed by atoms with Crippen molar-refractivity contribution < 1.29 is 36.7 Å². The van der Waals surface area contributed by atoms with Gasteiger partial charge in [0.25, 0.3) is 5.91 Å². The zero-order chi connectivity index (χ0) is 27.0. The first-order valence-electron chi connectivity index (χ1n) is 11.3. The van der Waals surface area contributed by atoms with Crippen molar-refractivity contribution >= 4 is 11.9 Å². The van der Waals surface area contributed by atoms with Crippen LogP contribution in [0.3, 0.4) is 0 Å². The van der Waals surface area contributed by atoms with Gasteiger partial charge in [-0.05, 0) is 72.2 Å². The van der Waals surface area contributed by atoms with Gasteiger partial charge in [0.15, 0.2) is 11.5 Å². The fourth-order valence-electron chi connectivity index (χ4n) is 3.73. The molecule has 37 heavy (non-hydrogen) atoms. The SMILES string of the molecule is NCc1cccc(C2CCN(C(=O)c3ccc(C#Cc4ccc(F)cc4)o3)CC2)c1.O=C(O)C(F)(F)F. The zero-order valence-electron chi connectivity index (χ0n) is 19.6. The van der Waals surface area contributed by atoms with E-state index < -0.39 is 12.1 Å². The molecule has 0 bridgehead atoms. The molecule has 1 amide bonds. The summed E-state index contributed by atoms with van der Waals surface area (Å²) in [6.07, 6.45) is -3.25. The molecule has 0 atom stereocenters. The number of alkyl halides is 3. The number of hydrogen-bond donors (Lipinski definition) is 2. The lowest BCUT2D eigenvalue weighted by molar-refractivity contribution is -0.192. The normalized spacial score (nSPS) is 13.7. The van der Waals surface area contributed by atoms with Crippen LogP contribution in [0.15, 0.2) is 65.1 Å². The molecule has 1 saturated heterocycles. The number of nitrogens with two attached hydrogens (primary N) is 1. The summed E-state index contributed by atoms with van der Waals surface area (Å²) in [7, 11) is 0. The quantitative estimate of drug-likeness (QED) is 0.380. The van der Waals surface area contributed by atoms with Gasteiger partial charge in [0.2, 0.25) is 0 Å². The van der Waals surface area contributed by atoms with Crippen LogP contribution in [0.4, 0.5) is 17.6 Å². The van der Waals surface area contributed by atoms with E-state index in [4.69, 9.17) is 20.1 Å². The fourth-order valence-corrected chi connectivity index (χ4v) is 3.73. The molecule has 0 unspecified atom stereocenters. The van der Waals surface area contributed by atoms with Crippen LogP contribution < -0.4 is 5.73 Å². The predicted molar refractivity (Wildman–Crippen MR) is 127 cm³/mol. The second kappa shape index (κ2) is 12.2. The average molecular weight is 516 g/mol. The number of benzene rings is 2. The van der Waals surface area contributed by atoms with Crippen LogP contribution >= 0.6 is 0 Å². The second-order valence-electron chi connectivity index (χ2n) is 8.24. The lowest BCUT2D eigenvalue weighted by Crippen LogP contribution is -2.37. The Morgan fingerprint density at radius 3 is 2.27 bits per heavy atom. The molecule has 0 saturated carbocycles. The zero-order valence-corrected chi connectivity index (χ0v) is 19.6. The Morgan fingerprint density at radius 1 is 1.03 bits per heavy atom. The smallest absolute Gasteiger partial charge is 0.475 e. The highest BCUT2D eigenvalue weighted by atomic mass is 19.4. The lowest BCUT2D eigenvalue weighted by Gasteiger charge is -2.31. The molecule has 0 radical (unpaired) electrons. The Bertz CT molecular complexity index is 1280. The van der Waals surface area contributed by atoms with Crippen molar-refractivity contribution in [1.29, 1.82) is 0 Å². The van der Waals surface area contributed by atoms with Gasteiger partial charge >= 0.3 is 12.1 Å². The third-order valence-electron chi connectivity index (χ3n) is 5.67. The van der Waals surface area contributed by atoms with Crippen molar-refractivity contribution in [2.45, 2.75) is 31.5 Å². The van der Waals surface area contributed by atoms with E-state index in [2.05, 4.69) is 24.0 Å². The molecule has 1 aliphatic heterocycles. The van der Waals surface area contributed by atoms with Gasteiger partial charge in [0, 0.05) is 25.2 Å². The van der Waals surface area contributed by atoms with Crippen molar-refractivity contribution in [2.75, 3.05) is 13.1 Å². The Kier molecular flexibility index (Phi) is 9.09. The van der Waals surface area contributed by atoms with Crippen molar-refractivity contribution in [1.82, 2.24) is 4.90 Å². The van der Waals surface area contributed by atoms with Crippen LogP contribution in [0.1, 0.15) is 51.8 Å². The largest absolute Gasteiger partial charge is 0.490 e. The van der Waals surface area contributed by atoms with E-state index >= 15 is 0 Å². The van der Waals surface area contributed by atoms with Crippen LogP contribution in [0.25, 0.3) is 0 Å². The van der Waals surface area contributed by atoms with Gasteiger partial charge in [-0.2, -0.15) is 13.2 Å². The molecular formula is C27H24F4N2O4. The minimum atomic E-state index is -5.08. The summed E-state index contributed by atoms with van der Waals surface area (Å²) in [6.45, 7) is 1.91. The Morgan fingerprint density at radius 2 is 1.68 bits per heavy atom. The van der Waals surface area contributed by atoms with E-state index in [1.54, 1.807) is 24.3 Å². The summed E-state index contributed by atoms with van der Waals surface area (Å²) < 4.78 is 50.3. The molecule has 10 heteroatoms. The van der Waals surface area contributed by atoms with Crippen molar-refractivity contribution in [2.24, 2.45) is 5.73 Å². The molecule has 6 nitrogen and oxygen atoms in total. The predicted octanol–water partition coefficient (Wildman–Crippen LogP) is 4.93. The molecule has 0 spiro atoms. The van der Waals surface area contributed by atoms with Crippen LogP contribution in [0, 0.1) is 17.7 Å². The molecule has 1 aliphatic rings. The van der Waals surface area contributed by atoms with Gasteiger partial charge < -0.3 is 20.2 Å². The third-order valence-corrected chi connectivity index (χ3v) is 5.67. The van der Waals surface area contributed by atoms with E-state index in [0.717, 1.165) is 18.4 Å². The summed E-state index contributed by atoms with van der Waals surface area (Å²) >= 11 is 0. The van der Waals surface area contributed by atoms with Crippen molar-refractivity contribution in [3.63, 3.8) is 0 Å². The van der Waals surface area contributed by atoms with Crippen LogP contribution in [-0.4, -0.2) is 41.1 Å². The van der Waals surface area contributed by atoms with Gasteiger partial charge in [-0.15, -0.1) is 0 Å². The molecular weight excluding hydrogens is 492 g/mol. The van der Waals surface area contributed by atoms with Crippen LogP contribution in [-0.2, 0) is 11.3 Å². The number of carbonyl (C=O) groups excluding carboxylic acids is 1. The summed E-state index contributed by atoms with van der Waals surface area (Å²) in [5.74, 6) is 3.76. The second-order valence-corrected chi connectivity index (χ2v) is 8.24. The minimum absolute atomic E-state index is 0.112. The molecule has 194 valence electrons. The van der Waals surface area contributed by atoms with E-state index in [-0.39, 0.29) is 11.7 Å². The molecule has 3 aromatic rings. The molecule has 4 rings (SSSR count). The standard InChI is InChI=1S/C25H23FN2O2.C2HF3O2/c26-22-7-4-18(5-8-22)6-9-23-10-11-24(30-23)25(29)28-14-12-20(13-15-28)21-3-1-2-19(16-21)17-27;3-2(4,5)1(6)7/h1-5,7-8,10-11,16,20H,12-15,17,27H2;(H,6,7). The number of amides is 1. The molecule has 1 fully saturated rings. The number of aliphatic carboxylic acids is 1. The maximum absolute atomic E-state index is 13.0. The molecule has 1 aromatic heterocycles. The minimum Gasteiger partial charge on any atom is -0.475 e. The van der Waals surface area contributed by atoms with E-state index in [0.29, 0.717) is 42.6 Å². The summed E-state index contributed by atoms with van der Waals surface area (Å²) in [4.78, 5) is 23.5. The lowest BCUT2D eigenvalue weighted by atomic mass is 9.88. The Labute approximate surface area is 210 Å². The number of furan rings is 1. The number of carbonyl (C=O) groups is 2. The number of halogens is 4. The highest BCUT2D eigenvalue weighted by molar-refractivity contribution is 5.91. The fraction of sp³-hybridized carbons (Fsp3) is 0.259.